The summed E-state index contributed by atoms with van der Waals surface area (Å²) in [6.07, 6.45) is -1.21. The number of hydrogen-bond acceptors (Lipinski definition) is 4. The summed E-state index contributed by atoms with van der Waals surface area (Å²) in [6.45, 7) is 3.95. The number of aliphatic hydroxyl groups is 1. The molecule has 0 bridgehead atoms. The number of aromatic nitrogens is 2. The van der Waals surface area contributed by atoms with Crippen molar-refractivity contribution in [1.82, 2.24) is 9.13 Å². The normalized spacial score (nSPS) is 14.9. The van der Waals surface area contributed by atoms with E-state index in [-0.39, 0.29) is 17.7 Å². The summed E-state index contributed by atoms with van der Waals surface area (Å²) in [5.74, 6) is -1.01. The highest BCUT2D eigenvalue weighted by atomic mass is 16.3. The number of carbonyl (C=O) groups is 3. The summed E-state index contributed by atoms with van der Waals surface area (Å²) in [7, 11) is 0. The van der Waals surface area contributed by atoms with Gasteiger partial charge >= 0.3 is 0 Å². The number of imide groups is 1. The molecule has 0 fully saturated rings. The van der Waals surface area contributed by atoms with Crippen molar-refractivity contribution in [2.24, 2.45) is 0 Å². The van der Waals surface area contributed by atoms with Crippen molar-refractivity contribution in [2.75, 3.05) is 9.80 Å². The van der Waals surface area contributed by atoms with Crippen LogP contribution in [0.4, 0.5) is 11.4 Å². The van der Waals surface area contributed by atoms with E-state index in [4.69, 9.17) is 0 Å². The number of hydrogen-bond donors (Lipinski definition) is 1. The van der Waals surface area contributed by atoms with Gasteiger partial charge in [-0.1, -0.05) is 97.1 Å². The quantitative estimate of drug-likeness (QED) is 0.176. The number of para-hydroxylation sites is 4. The molecule has 4 heterocycles. The Kier molecular flexibility index (Phi) is 7.64. The second-order valence-electron chi connectivity index (χ2n) is 16.2. The molecule has 8 nitrogen and oxygen atoms in total. The largest absolute Gasteiger partial charge is 0.369 e. The Morgan fingerprint density at radius 3 is 1.40 bits per heavy atom. The standard InChI is InChI=1S/C54H36N4O4/c1-31-29-33(55-51(59)41-17-11-23-47(49(41)53(55)61)57-43-19-7-3-13-37(43)38-14-4-8-20-44(38)57)25-27-35(31)36-28-26-34(30-32(36)2)56-52(60)42-18-12-24-48(50(42)54(56)62)58-45-21-9-5-15-39(45)40-16-6-10-22-46(40)58/h3-30,53,61H,1-2H3. The maximum atomic E-state index is 14.5. The Labute approximate surface area is 355 Å². The van der Waals surface area contributed by atoms with Crippen molar-refractivity contribution >= 4 is 72.7 Å². The molecule has 12 rings (SSSR count). The van der Waals surface area contributed by atoms with Gasteiger partial charge in [-0.3, -0.25) is 19.3 Å². The molecular formula is C54H36N4O4. The van der Waals surface area contributed by atoms with E-state index < -0.39 is 6.23 Å². The van der Waals surface area contributed by atoms with Crippen molar-refractivity contribution in [3.63, 3.8) is 0 Å². The Hall–Kier alpha value is -8.07. The van der Waals surface area contributed by atoms with Crippen LogP contribution < -0.4 is 9.80 Å². The fraction of sp³-hybridized carbons (Fsp3) is 0.0556. The van der Waals surface area contributed by atoms with Crippen LogP contribution in [0.5, 0.6) is 0 Å². The van der Waals surface area contributed by atoms with Gasteiger partial charge in [0.2, 0.25) is 0 Å². The number of nitrogens with zero attached hydrogens (tertiary/aromatic N) is 4. The molecule has 1 N–H and O–H groups in total. The van der Waals surface area contributed by atoms with E-state index in [9.17, 15) is 19.5 Å². The van der Waals surface area contributed by atoms with E-state index in [1.54, 1.807) is 12.1 Å². The molecule has 296 valence electrons. The first kappa shape index (κ1) is 35.8. The van der Waals surface area contributed by atoms with Crippen LogP contribution in [0.15, 0.2) is 170 Å². The minimum absolute atomic E-state index is 0.273. The fourth-order valence-corrected chi connectivity index (χ4v) is 10.1. The van der Waals surface area contributed by atoms with E-state index in [0.717, 1.165) is 71.6 Å². The molecule has 10 aromatic rings. The van der Waals surface area contributed by atoms with Crippen molar-refractivity contribution in [2.45, 2.75) is 20.1 Å². The first-order valence-corrected chi connectivity index (χ1v) is 20.7. The summed E-state index contributed by atoms with van der Waals surface area (Å²) in [6, 6.07) is 55.1. The monoisotopic (exact) mass is 804 g/mol. The maximum Gasteiger partial charge on any atom is 0.268 e. The number of anilines is 2. The van der Waals surface area contributed by atoms with Gasteiger partial charge < -0.3 is 14.2 Å². The number of rotatable bonds is 5. The molecule has 2 aromatic heterocycles. The van der Waals surface area contributed by atoms with Crippen LogP contribution in [0.25, 0.3) is 66.1 Å². The molecule has 0 saturated heterocycles. The van der Waals surface area contributed by atoms with E-state index in [0.29, 0.717) is 39.3 Å². The highest BCUT2D eigenvalue weighted by Gasteiger charge is 2.41. The number of amides is 3. The minimum Gasteiger partial charge on any atom is -0.369 e. The average Bonchev–Trinajstić information content (AvgIpc) is 3.98. The van der Waals surface area contributed by atoms with Gasteiger partial charge in [-0.2, -0.15) is 0 Å². The van der Waals surface area contributed by atoms with Gasteiger partial charge in [-0.15, -0.1) is 0 Å². The second kappa shape index (κ2) is 13.2. The van der Waals surface area contributed by atoms with Crippen molar-refractivity contribution in [3.8, 4) is 22.5 Å². The first-order chi connectivity index (χ1) is 30.3. The van der Waals surface area contributed by atoms with Crippen LogP contribution >= 0.6 is 0 Å². The topological polar surface area (TPSA) is 87.8 Å². The van der Waals surface area contributed by atoms with Gasteiger partial charge in [0.1, 0.15) is 0 Å². The SMILES string of the molecule is Cc1cc(N2C(=O)c3cccc(-n4c5ccccc5c5ccccc54)c3C2=O)ccc1-c1ccc(N2C(=O)c3cccc(-n4c5ccccc5c5ccccc54)c3C2O)cc1C. The smallest absolute Gasteiger partial charge is 0.268 e. The van der Waals surface area contributed by atoms with Crippen LogP contribution in [0, 0.1) is 13.8 Å². The lowest BCUT2D eigenvalue weighted by Crippen LogP contribution is -2.29. The van der Waals surface area contributed by atoms with Crippen LogP contribution in [-0.2, 0) is 0 Å². The fourth-order valence-electron chi connectivity index (χ4n) is 10.1. The first-order valence-electron chi connectivity index (χ1n) is 20.7. The average molecular weight is 805 g/mol. The summed E-state index contributed by atoms with van der Waals surface area (Å²) < 4.78 is 4.22. The zero-order valence-corrected chi connectivity index (χ0v) is 33.7. The molecule has 1 unspecified atom stereocenters. The highest BCUT2D eigenvalue weighted by molar-refractivity contribution is 6.36. The van der Waals surface area contributed by atoms with Crippen LogP contribution in [0.3, 0.4) is 0 Å². The predicted octanol–water partition coefficient (Wildman–Crippen LogP) is 11.6. The van der Waals surface area contributed by atoms with E-state index >= 15 is 0 Å². The second-order valence-corrected chi connectivity index (χ2v) is 16.2. The molecule has 2 aliphatic heterocycles. The highest BCUT2D eigenvalue weighted by Crippen LogP contribution is 2.44. The van der Waals surface area contributed by atoms with Gasteiger partial charge in [-0.25, -0.2) is 4.90 Å². The van der Waals surface area contributed by atoms with Gasteiger partial charge in [0, 0.05) is 38.4 Å². The van der Waals surface area contributed by atoms with Gasteiger partial charge in [-0.05, 0) is 109 Å². The van der Waals surface area contributed by atoms with Gasteiger partial charge in [0.15, 0.2) is 6.23 Å². The minimum atomic E-state index is -1.21. The molecule has 1 atom stereocenters. The number of aliphatic hydroxyl groups excluding tert-OH is 1. The van der Waals surface area contributed by atoms with Gasteiger partial charge in [0.25, 0.3) is 17.7 Å². The summed E-state index contributed by atoms with van der Waals surface area (Å²) in [5.41, 5.74) is 11.8. The maximum absolute atomic E-state index is 14.5. The molecule has 62 heavy (non-hydrogen) atoms. The zero-order valence-electron chi connectivity index (χ0n) is 33.7. The number of aryl methyl sites for hydroxylation is 2. The van der Waals surface area contributed by atoms with Crippen molar-refractivity contribution < 1.29 is 19.5 Å². The number of benzene rings is 8. The summed E-state index contributed by atoms with van der Waals surface area (Å²) in [5, 5.41) is 16.4. The lowest BCUT2D eigenvalue weighted by molar-refractivity contribution is 0.0917. The third-order valence-corrected chi connectivity index (χ3v) is 12.8. The third kappa shape index (κ3) is 4.89. The Balaban J connectivity index is 0.872. The van der Waals surface area contributed by atoms with E-state index in [1.165, 1.54) is 9.80 Å². The number of carbonyl (C=O) groups excluding carboxylic acids is 3. The summed E-state index contributed by atoms with van der Waals surface area (Å²) in [4.78, 5) is 45.5. The molecule has 0 saturated carbocycles. The van der Waals surface area contributed by atoms with Crippen LogP contribution in [0.2, 0.25) is 0 Å². The Morgan fingerprint density at radius 2 is 0.871 bits per heavy atom. The molecule has 0 spiro atoms. The molecule has 3 amide bonds. The lowest BCUT2D eigenvalue weighted by atomic mass is 9.95. The molecular weight excluding hydrogens is 769 g/mol. The Morgan fingerprint density at radius 1 is 0.419 bits per heavy atom. The van der Waals surface area contributed by atoms with Crippen molar-refractivity contribution in [3.05, 3.63) is 203 Å². The zero-order chi connectivity index (χ0) is 42.0. The predicted molar refractivity (Wildman–Crippen MR) is 246 cm³/mol. The van der Waals surface area contributed by atoms with Crippen LogP contribution in [0.1, 0.15) is 54.0 Å². The molecule has 8 aromatic carbocycles. The molecule has 2 aliphatic rings. The molecule has 8 heteroatoms. The van der Waals surface area contributed by atoms with Crippen LogP contribution in [-0.4, -0.2) is 32.0 Å². The lowest BCUT2D eigenvalue weighted by Gasteiger charge is -2.23. The molecule has 0 radical (unpaired) electrons. The van der Waals surface area contributed by atoms with E-state index in [2.05, 4.69) is 45.5 Å². The molecule has 0 aliphatic carbocycles. The van der Waals surface area contributed by atoms with E-state index in [1.807, 2.05) is 135 Å². The third-order valence-electron chi connectivity index (χ3n) is 12.8. The summed E-state index contributed by atoms with van der Waals surface area (Å²) >= 11 is 0. The number of fused-ring (bicyclic) bond motifs is 8. The van der Waals surface area contributed by atoms with Gasteiger partial charge in [0.05, 0.1) is 50.3 Å². The Bertz CT molecular complexity index is 3510. The van der Waals surface area contributed by atoms with Crippen molar-refractivity contribution in [1.29, 1.82) is 0 Å².